The zero-order chi connectivity index (χ0) is 26.2. The summed E-state index contributed by atoms with van der Waals surface area (Å²) in [5.41, 5.74) is -0.101. The van der Waals surface area contributed by atoms with E-state index in [2.05, 4.69) is 10.7 Å². The van der Waals surface area contributed by atoms with Gasteiger partial charge in [-0.05, 0) is 76.7 Å². The molecule has 192 valence electrons. The van der Waals surface area contributed by atoms with Crippen molar-refractivity contribution in [2.24, 2.45) is 11.3 Å². The van der Waals surface area contributed by atoms with Crippen molar-refractivity contribution in [2.45, 2.75) is 71.3 Å². The Kier molecular flexibility index (Phi) is 10.9. The summed E-state index contributed by atoms with van der Waals surface area (Å²) < 4.78 is 80.4. The van der Waals surface area contributed by atoms with Crippen molar-refractivity contribution in [3.8, 4) is 12.3 Å². The van der Waals surface area contributed by atoms with Gasteiger partial charge in [-0.25, -0.2) is 0 Å². The topological polar surface area (TPSA) is 29.5 Å². The van der Waals surface area contributed by atoms with Gasteiger partial charge < -0.3 is 4.74 Å². The number of nitrogens with zero attached hydrogens (tertiary/aromatic N) is 1. The Hall–Kier alpha value is -2.21. The maximum atomic E-state index is 12.8. The Balaban J connectivity index is 0.000000852. The quantitative estimate of drug-likeness (QED) is 0.242. The van der Waals surface area contributed by atoms with E-state index < -0.39 is 24.3 Å². The standard InChI is InChI=1S/C19H23F6NO2.C6H10/c1-28-17(27)12-13-7-10-26(9-2-8-18(20,21)22)16(11-13)14-3-5-15(6-4-14)19(23,24)25;1-5-6(2,3)4/h3-6,13,16H,2,7-12H2,1H3;1H,2-4H3. The molecule has 2 unspecified atom stereocenters. The van der Waals surface area contributed by atoms with Crippen LogP contribution in [0.3, 0.4) is 0 Å². The van der Waals surface area contributed by atoms with Crippen molar-refractivity contribution in [1.29, 1.82) is 0 Å². The Labute approximate surface area is 197 Å². The second-order valence-corrected chi connectivity index (χ2v) is 9.46. The van der Waals surface area contributed by atoms with Crippen LogP contribution in [0.2, 0.25) is 0 Å². The Bertz CT molecular complexity index is 803. The average Bonchev–Trinajstić information content (AvgIpc) is 2.73. The first-order valence-electron chi connectivity index (χ1n) is 11.1. The lowest BCUT2D eigenvalue weighted by atomic mass is 9.85. The Morgan fingerprint density at radius 2 is 1.68 bits per heavy atom. The summed E-state index contributed by atoms with van der Waals surface area (Å²) in [5, 5.41) is 0. The number of likely N-dealkylation sites (tertiary alicyclic amines) is 1. The third-order valence-electron chi connectivity index (χ3n) is 5.47. The number of hydrogen-bond donors (Lipinski definition) is 0. The number of benzene rings is 1. The molecular formula is C25H33F6NO2. The van der Waals surface area contributed by atoms with Crippen molar-refractivity contribution >= 4 is 5.97 Å². The molecule has 1 aromatic carbocycles. The van der Waals surface area contributed by atoms with Crippen LogP contribution in [0.4, 0.5) is 26.3 Å². The summed E-state index contributed by atoms with van der Waals surface area (Å²) in [5.74, 6) is 2.20. The molecule has 0 saturated carbocycles. The predicted octanol–water partition coefficient (Wildman–Crippen LogP) is 7.03. The third kappa shape index (κ3) is 11.3. The summed E-state index contributed by atoms with van der Waals surface area (Å²) in [6, 6.07) is 4.36. The molecule has 1 saturated heterocycles. The average molecular weight is 494 g/mol. The van der Waals surface area contributed by atoms with Gasteiger partial charge in [-0.1, -0.05) is 12.1 Å². The van der Waals surface area contributed by atoms with Crippen molar-refractivity contribution in [1.82, 2.24) is 4.90 Å². The van der Waals surface area contributed by atoms with Crippen LogP contribution in [-0.4, -0.2) is 37.2 Å². The highest BCUT2D eigenvalue weighted by atomic mass is 19.4. The number of terminal acetylenes is 1. The van der Waals surface area contributed by atoms with Crippen molar-refractivity contribution < 1.29 is 35.9 Å². The number of esters is 1. The van der Waals surface area contributed by atoms with Gasteiger partial charge in [0, 0.05) is 24.3 Å². The fourth-order valence-electron chi connectivity index (χ4n) is 3.58. The van der Waals surface area contributed by atoms with E-state index in [1.54, 1.807) is 0 Å². The SMILES string of the molecule is C#CC(C)(C)C.COC(=O)CC1CCN(CCCC(F)(F)F)C(c2ccc(C(F)(F)F)cc2)C1. The van der Waals surface area contributed by atoms with Gasteiger partial charge >= 0.3 is 18.3 Å². The lowest BCUT2D eigenvalue weighted by Gasteiger charge is -2.40. The molecule has 1 fully saturated rings. The van der Waals surface area contributed by atoms with E-state index in [9.17, 15) is 31.1 Å². The highest BCUT2D eigenvalue weighted by Crippen LogP contribution is 2.38. The zero-order valence-electron chi connectivity index (χ0n) is 20.0. The summed E-state index contributed by atoms with van der Waals surface area (Å²) >= 11 is 0. The number of carbonyl (C=O) groups excluding carboxylic acids is 1. The molecular weight excluding hydrogens is 460 g/mol. The smallest absolute Gasteiger partial charge is 0.416 e. The molecule has 0 spiro atoms. The molecule has 0 aliphatic carbocycles. The molecule has 3 nitrogen and oxygen atoms in total. The summed E-state index contributed by atoms with van der Waals surface area (Å²) in [7, 11) is 1.28. The lowest BCUT2D eigenvalue weighted by molar-refractivity contribution is -0.143. The van der Waals surface area contributed by atoms with E-state index in [1.807, 2.05) is 25.7 Å². The number of rotatable bonds is 6. The molecule has 0 amide bonds. The van der Waals surface area contributed by atoms with E-state index in [-0.39, 0.29) is 42.7 Å². The monoisotopic (exact) mass is 493 g/mol. The van der Waals surface area contributed by atoms with Crippen LogP contribution in [-0.2, 0) is 15.7 Å². The molecule has 1 aliphatic rings. The lowest BCUT2D eigenvalue weighted by Crippen LogP contribution is -2.38. The van der Waals surface area contributed by atoms with Crippen LogP contribution >= 0.6 is 0 Å². The Morgan fingerprint density at radius 3 is 2.12 bits per heavy atom. The number of piperidine rings is 1. The maximum Gasteiger partial charge on any atom is 0.416 e. The second kappa shape index (κ2) is 12.5. The normalized spacial score (nSPS) is 19.6. The van der Waals surface area contributed by atoms with Gasteiger partial charge in [-0.15, -0.1) is 12.3 Å². The van der Waals surface area contributed by atoms with E-state index in [0.29, 0.717) is 24.9 Å². The molecule has 0 radical (unpaired) electrons. The highest BCUT2D eigenvalue weighted by Gasteiger charge is 2.34. The number of ether oxygens (including phenoxy) is 1. The number of carbonyl (C=O) groups is 1. The minimum absolute atomic E-state index is 0.0291. The van der Waals surface area contributed by atoms with Crippen LogP contribution in [0, 0.1) is 23.7 Å². The summed E-state index contributed by atoms with van der Waals surface area (Å²) in [6.45, 7) is 6.69. The van der Waals surface area contributed by atoms with E-state index in [4.69, 9.17) is 6.42 Å². The van der Waals surface area contributed by atoms with Crippen molar-refractivity contribution in [3.63, 3.8) is 0 Å². The number of halogens is 6. The van der Waals surface area contributed by atoms with Gasteiger partial charge in [0.05, 0.1) is 12.7 Å². The van der Waals surface area contributed by atoms with Gasteiger partial charge in [-0.3, -0.25) is 9.69 Å². The predicted molar refractivity (Wildman–Crippen MR) is 119 cm³/mol. The largest absolute Gasteiger partial charge is 0.469 e. The second-order valence-electron chi connectivity index (χ2n) is 9.46. The van der Waals surface area contributed by atoms with Crippen LogP contribution < -0.4 is 0 Å². The van der Waals surface area contributed by atoms with E-state index in [1.165, 1.54) is 19.2 Å². The van der Waals surface area contributed by atoms with Gasteiger partial charge in [0.15, 0.2) is 0 Å². The molecule has 9 heteroatoms. The maximum absolute atomic E-state index is 12.8. The fraction of sp³-hybridized carbons (Fsp3) is 0.640. The van der Waals surface area contributed by atoms with Crippen molar-refractivity contribution in [2.75, 3.05) is 20.2 Å². The first kappa shape index (κ1) is 29.8. The summed E-state index contributed by atoms with van der Waals surface area (Å²) in [4.78, 5) is 13.4. The molecule has 0 N–H and O–H groups in total. The van der Waals surface area contributed by atoms with Crippen LogP contribution in [0.1, 0.15) is 70.0 Å². The zero-order valence-corrected chi connectivity index (χ0v) is 20.0. The summed E-state index contributed by atoms with van der Waals surface area (Å²) in [6.07, 6.45) is -3.34. The molecule has 0 aromatic heterocycles. The fourth-order valence-corrected chi connectivity index (χ4v) is 3.58. The van der Waals surface area contributed by atoms with Crippen LogP contribution in [0.5, 0.6) is 0 Å². The first-order chi connectivity index (χ1) is 15.6. The van der Waals surface area contributed by atoms with E-state index >= 15 is 0 Å². The molecule has 0 bridgehead atoms. The number of alkyl halides is 6. The molecule has 1 heterocycles. The molecule has 2 atom stereocenters. The van der Waals surface area contributed by atoms with Gasteiger partial charge in [0.2, 0.25) is 0 Å². The third-order valence-corrected chi connectivity index (χ3v) is 5.47. The minimum atomic E-state index is -4.45. The highest BCUT2D eigenvalue weighted by molar-refractivity contribution is 5.69. The van der Waals surface area contributed by atoms with Crippen LogP contribution in [0.15, 0.2) is 24.3 Å². The number of hydrogen-bond acceptors (Lipinski definition) is 3. The minimum Gasteiger partial charge on any atom is -0.469 e. The van der Waals surface area contributed by atoms with Gasteiger partial charge in [0.1, 0.15) is 0 Å². The van der Waals surface area contributed by atoms with Crippen LogP contribution in [0.25, 0.3) is 0 Å². The van der Waals surface area contributed by atoms with E-state index in [0.717, 1.165) is 12.1 Å². The molecule has 1 aliphatic heterocycles. The molecule has 2 rings (SSSR count). The first-order valence-corrected chi connectivity index (χ1v) is 11.1. The number of methoxy groups -OCH3 is 1. The molecule has 34 heavy (non-hydrogen) atoms. The Morgan fingerprint density at radius 1 is 1.12 bits per heavy atom. The van der Waals surface area contributed by atoms with Gasteiger partial charge in [-0.2, -0.15) is 26.3 Å². The van der Waals surface area contributed by atoms with Gasteiger partial charge in [0.25, 0.3) is 0 Å². The molecule has 1 aromatic rings. The van der Waals surface area contributed by atoms with Crippen molar-refractivity contribution in [3.05, 3.63) is 35.4 Å².